The molecule has 0 heterocycles. The highest BCUT2D eigenvalue weighted by molar-refractivity contribution is 5.71. The summed E-state index contributed by atoms with van der Waals surface area (Å²) in [5.74, 6) is 0. The highest BCUT2D eigenvalue weighted by Gasteiger charge is 2.23. The van der Waals surface area contributed by atoms with Crippen LogP contribution in [0.4, 0.5) is 9.59 Å². The van der Waals surface area contributed by atoms with Gasteiger partial charge in [-0.2, -0.15) is 0 Å². The number of amides is 2. The van der Waals surface area contributed by atoms with Crippen LogP contribution in [0.1, 0.15) is 54.4 Å². The Hall–Kier alpha value is -2.06. The number of alkyl carbamates (subject to hydrolysis) is 2. The van der Waals surface area contributed by atoms with Crippen LogP contribution in [0.2, 0.25) is 0 Å². The Labute approximate surface area is 161 Å². The number of rotatable bonds is 6. The molecule has 0 saturated heterocycles. The number of hydrogen-bond donors (Lipinski definition) is 4. The van der Waals surface area contributed by atoms with Crippen LogP contribution in [0.5, 0.6) is 0 Å². The van der Waals surface area contributed by atoms with Crippen LogP contribution in [0.3, 0.4) is 0 Å². The number of hydrogen-bond acceptors (Lipinski definition) is 6. The maximum atomic E-state index is 12.0. The van der Waals surface area contributed by atoms with E-state index in [-0.39, 0.29) is 6.04 Å². The molecule has 1 atom stereocenters. The monoisotopic (exact) mass is 382 g/mol. The lowest BCUT2D eigenvalue weighted by atomic mass is 10.0. The smallest absolute Gasteiger partial charge is 0.410 e. The van der Waals surface area contributed by atoms with E-state index >= 15 is 0 Å². The summed E-state index contributed by atoms with van der Waals surface area (Å²) in [6.45, 7) is 11.1. The molecule has 8 heteroatoms. The molecule has 1 unspecified atom stereocenters. The molecule has 154 valence electrons. The van der Waals surface area contributed by atoms with Gasteiger partial charge in [0.15, 0.2) is 6.29 Å². The van der Waals surface area contributed by atoms with Gasteiger partial charge in [0.1, 0.15) is 11.2 Å². The minimum atomic E-state index is -0.829. The first-order valence-electron chi connectivity index (χ1n) is 9.19. The fraction of sp³-hybridized carbons (Fsp3) is 0.684. The topological polar surface area (TPSA) is 115 Å². The summed E-state index contributed by atoms with van der Waals surface area (Å²) in [4.78, 5) is 24.1. The molecule has 1 aliphatic rings. The molecule has 0 aromatic carbocycles. The van der Waals surface area contributed by atoms with Crippen molar-refractivity contribution in [1.82, 2.24) is 16.0 Å². The maximum absolute atomic E-state index is 12.0. The zero-order valence-corrected chi connectivity index (χ0v) is 17.2. The van der Waals surface area contributed by atoms with Crippen molar-refractivity contribution in [3.05, 3.63) is 23.8 Å². The molecule has 0 fully saturated rings. The van der Waals surface area contributed by atoms with Gasteiger partial charge in [0, 0.05) is 12.6 Å². The Morgan fingerprint density at radius 3 is 2.04 bits per heavy atom. The van der Waals surface area contributed by atoms with Crippen molar-refractivity contribution >= 4 is 12.2 Å². The molecular weight excluding hydrogens is 348 g/mol. The fourth-order valence-corrected chi connectivity index (χ4v) is 2.22. The van der Waals surface area contributed by atoms with Gasteiger partial charge in [0.2, 0.25) is 0 Å². The Kier molecular flexibility index (Phi) is 8.30. The normalized spacial score (nSPS) is 17.3. The predicted octanol–water partition coefficient (Wildman–Crippen LogP) is 2.51. The average molecular weight is 383 g/mol. The van der Waals surface area contributed by atoms with E-state index in [0.29, 0.717) is 6.54 Å². The molecule has 8 nitrogen and oxygen atoms in total. The molecule has 0 saturated carbocycles. The van der Waals surface area contributed by atoms with Gasteiger partial charge < -0.3 is 15.2 Å². The van der Waals surface area contributed by atoms with Gasteiger partial charge in [-0.05, 0) is 54.4 Å². The van der Waals surface area contributed by atoms with Crippen LogP contribution in [-0.4, -0.2) is 42.3 Å². The zero-order valence-electron chi connectivity index (χ0n) is 17.2. The van der Waals surface area contributed by atoms with Crippen molar-refractivity contribution in [3.8, 4) is 0 Å². The van der Waals surface area contributed by atoms with Gasteiger partial charge in [-0.3, -0.25) is 16.0 Å². The SMILES string of the molecule is CC(C)(C)OC(=O)NC(NCCC1=CCC(N)C=C1)NC(=O)OC(C)(C)C. The summed E-state index contributed by atoms with van der Waals surface area (Å²) in [6, 6.07) is 0.0668. The summed E-state index contributed by atoms with van der Waals surface area (Å²) >= 11 is 0. The van der Waals surface area contributed by atoms with E-state index < -0.39 is 29.7 Å². The first-order valence-corrected chi connectivity index (χ1v) is 9.19. The summed E-state index contributed by atoms with van der Waals surface area (Å²) in [5, 5.41) is 8.27. The van der Waals surface area contributed by atoms with E-state index in [1.807, 2.05) is 12.2 Å². The van der Waals surface area contributed by atoms with Crippen LogP contribution in [0, 0.1) is 0 Å². The summed E-state index contributed by atoms with van der Waals surface area (Å²) in [7, 11) is 0. The number of nitrogens with one attached hydrogen (secondary N) is 3. The molecule has 0 bridgehead atoms. The molecule has 0 spiro atoms. The number of ether oxygens (including phenoxy) is 2. The molecule has 1 rings (SSSR count). The second kappa shape index (κ2) is 9.75. The molecule has 1 aliphatic carbocycles. The second-order valence-corrected chi connectivity index (χ2v) is 8.47. The van der Waals surface area contributed by atoms with Crippen LogP contribution >= 0.6 is 0 Å². The van der Waals surface area contributed by atoms with Gasteiger partial charge >= 0.3 is 12.2 Å². The molecular formula is C19H34N4O4. The van der Waals surface area contributed by atoms with E-state index in [1.165, 1.54) is 0 Å². The number of allylic oxidation sites excluding steroid dienone is 1. The Balaban J connectivity index is 2.59. The number of nitrogens with two attached hydrogens (primary N) is 1. The van der Waals surface area contributed by atoms with Crippen molar-refractivity contribution in [2.75, 3.05) is 6.54 Å². The maximum Gasteiger partial charge on any atom is 0.410 e. The fourth-order valence-electron chi connectivity index (χ4n) is 2.22. The highest BCUT2D eigenvalue weighted by Crippen LogP contribution is 2.12. The van der Waals surface area contributed by atoms with Crippen LogP contribution < -0.4 is 21.7 Å². The third-order valence-electron chi connectivity index (χ3n) is 3.29. The molecule has 5 N–H and O–H groups in total. The molecule has 27 heavy (non-hydrogen) atoms. The minimum absolute atomic E-state index is 0.0668. The van der Waals surface area contributed by atoms with E-state index in [9.17, 15) is 9.59 Å². The number of carbonyl (C=O) groups excluding carboxylic acids is 2. The van der Waals surface area contributed by atoms with Crippen molar-refractivity contribution in [1.29, 1.82) is 0 Å². The lowest BCUT2D eigenvalue weighted by Crippen LogP contribution is -2.58. The van der Waals surface area contributed by atoms with Gasteiger partial charge in [-0.15, -0.1) is 0 Å². The average Bonchev–Trinajstić information content (AvgIpc) is 2.45. The Morgan fingerprint density at radius 1 is 1.11 bits per heavy atom. The summed E-state index contributed by atoms with van der Waals surface area (Å²) < 4.78 is 10.5. The van der Waals surface area contributed by atoms with Gasteiger partial charge in [-0.25, -0.2) is 9.59 Å². The van der Waals surface area contributed by atoms with E-state index in [2.05, 4.69) is 22.0 Å². The molecule has 0 radical (unpaired) electrons. The van der Waals surface area contributed by atoms with Crippen molar-refractivity contribution in [2.45, 2.75) is 77.9 Å². The third kappa shape index (κ3) is 11.3. The Bertz CT molecular complexity index is 543. The number of carbonyl (C=O) groups is 2. The lowest BCUT2D eigenvalue weighted by molar-refractivity contribution is 0.0407. The molecule has 0 aromatic heterocycles. The van der Waals surface area contributed by atoms with Crippen molar-refractivity contribution < 1.29 is 19.1 Å². The highest BCUT2D eigenvalue weighted by atomic mass is 16.6. The molecule has 0 aliphatic heterocycles. The van der Waals surface area contributed by atoms with E-state index in [1.54, 1.807) is 41.5 Å². The minimum Gasteiger partial charge on any atom is -0.444 e. The van der Waals surface area contributed by atoms with Crippen LogP contribution in [0.15, 0.2) is 23.8 Å². The standard InChI is InChI=1S/C19H34N4O4/c1-18(2,3)26-16(24)22-15(23-17(25)27-19(4,5)6)21-12-11-13-7-9-14(20)10-8-13/h7-9,14-15,21H,10-12,20H2,1-6H3,(H,22,24)(H,23,25). The quantitative estimate of drug-likeness (QED) is 0.525. The van der Waals surface area contributed by atoms with Crippen LogP contribution in [0.25, 0.3) is 0 Å². The summed E-state index contributed by atoms with van der Waals surface area (Å²) in [5.41, 5.74) is 5.68. The van der Waals surface area contributed by atoms with Crippen molar-refractivity contribution in [2.24, 2.45) is 5.73 Å². The van der Waals surface area contributed by atoms with E-state index in [4.69, 9.17) is 15.2 Å². The third-order valence-corrected chi connectivity index (χ3v) is 3.29. The molecule has 0 aromatic rings. The first-order chi connectivity index (χ1) is 12.3. The first kappa shape index (κ1) is 23.0. The van der Waals surface area contributed by atoms with Gasteiger partial charge in [0.05, 0.1) is 0 Å². The van der Waals surface area contributed by atoms with Gasteiger partial charge in [0.25, 0.3) is 0 Å². The van der Waals surface area contributed by atoms with Crippen LogP contribution in [-0.2, 0) is 9.47 Å². The van der Waals surface area contributed by atoms with Crippen molar-refractivity contribution in [3.63, 3.8) is 0 Å². The largest absolute Gasteiger partial charge is 0.444 e. The van der Waals surface area contributed by atoms with Gasteiger partial charge in [-0.1, -0.05) is 23.8 Å². The zero-order chi connectivity index (χ0) is 20.7. The second-order valence-electron chi connectivity index (χ2n) is 8.47. The molecule has 2 amide bonds. The lowest BCUT2D eigenvalue weighted by Gasteiger charge is -2.26. The Morgan fingerprint density at radius 2 is 1.63 bits per heavy atom. The summed E-state index contributed by atoms with van der Waals surface area (Å²) in [6.07, 6.45) is 5.47. The predicted molar refractivity (Wildman–Crippen MR) is 105 cm³/mol. The van der Waals surface area contributed by atoms with E-state index in [0.717, 1.165) is 18.4 Å².